The van der Waals surface area contributed by atoms with E-state index in [9.17, 15) is 0 Å². The maximum atomic E-state index is 6.06. The minimum absolute atomic E-state index is 0.775. The first-order chi connectivity index (χ1) is 11.7. The third kappa shape index (κ3) is 3.31. The van der Waals surface area contributed by atoms with E-state index in [-0.39, 0.29) is 0 Å². The lowest BCUT2D eigenvalue weighted by Crippen LogP contribution is -2.41. The van der Waals surface area contributed by atoms with Gasteiger partial charge in [0.2, 0.25) is 0 Å². The zero-order chi connectivity index (χ0) is 16.5. The van der Waals surface area contributed by atoms with Crippen molar-refractivity contribution in [2.24, 2.45) is 0 Å². The summed E-state index contributed by atoms with van der Waals surface area (Å²) in [7, 11) is 0. The lowest BCUT2D eigenvalue weighted by Gasteiger charge is -2.34. The summed E-state index contributed by atoms with van der Waals surface area (Å²) in [6.45, 7) is 5.43. The Hall–Kier alpha value is -1.15. The van der Waals surface area contributed by atoms with E-state index in [1.807, 2.05) is 24.4 Å². The number of nitrogens with zero attached hydrogens (tertiary/aromatic N) is 3. The van der Waals surface area contributed by atoms with Crippen molar-refractivity contribution < 1.29 is 9.47 Å². The molecular formula is C17H17Br2N3O2. The van der Waals surface area contributed by atoms with E-state index in [4.69, 9.17) is 9.47 Å². The number of hydrogen-bond acceptors (Lipinski definition) is 5. The monoisotopic (exact) mass is 453 g/mol. The fourth-order valence-electron chi connectivity index (χ4n) is 3.01. The van der Waals surface area contributed by atoms with Crippen molar-refractivity contribution >= 4 is 43.4 Å². The van der Waals surface area contributed by atoms with E-state index in [2.05, 4.69) is 52.7 Å². The molecule has 126 valence electrons. The normalized spacial score (nSPS) is 17.2. The summed E-state index contributed by atoms with van der Waals surface area (Å²) >= 11 is 6.99. The van der Waals surface area contributed by atoms with E-state index < -0.39 is 0 Å². The molecule has 1 aromatic carbocycles. The second-order valence-corrected chi connectivity index (χ2v) is 7.63. The van der Waals surface area contributed by atoms with Crippen LogP contribution in [0.3, 0.4) is 0 Å². The lowest BCUT2D eigenvalue weighted by atomic mass is 10.2. The summed E-state index contributed by atoms with van der Waals surface area (Å²) in [5.74, 6) is 2.48. The van der Waals surface area contributed by atoms with Gasteiger partial charge in [0.1, 0.15) is 0 Å². The molecule has 2 aliphatic heterocycles. The van der Waals surface area contributed by atoms with Crippen molar-refractivity contribution in [2.45, 2.75) is 0 Å². The van der Waals surface area contributed by atoms with Crippen LogP contribution in [0.15, 0.2) is 39.4 Å². The van der Waals surface area contributed by atoms with Crippen molar-refractivity contribution in [2.75, 3.05) is 44.3 Å². The van der Waals surface area contributed by atoms with Gasteiger partial charge >= 0.3 is 0 Å². The van der Waals surface area contributed by atoms with Crippen LogP contribution >= 0.6 is 31.9 Å². The van der Waals surface area contributed by atoms with Gasteiger partial charge in [0.25, 0.3) is 0 Å². The highest BCUT2D eigenvalue weighted by Crippen LogP contribution is 2.46. The number of anilines is 2. The maximum absolute atomic E-state index is 6.06. The van der Waals surface area contributed by atoms with E-state index in [1.165, 1.54) is 0 Å². The topological polar surface area (TPSA) is 37.8 Å². The number of halogens is 2. The van der Waals surface area contributed by atoms with Crippen LogP contribution in [0, 0.1) is 0 Å². The molecule has 0 saturated carbocycles. The highest BCUT2D eigenvalue weighted by atomic mass is 79.9. The van der Waals surface area contributed by atoms with Crippen molar-refractivity contribution in [1.82, 2.24) is 9.88 Å². The molecule has 0 bridgehead atoms. The second-order valence-electron chi connectivity index (χ2n) is 5.80. The van der Waals surface area contributed by atoms with Crippen LogP contribution in [-0.4, -0.2) is 49.3 Å². The molecule has 1 fully saturated rings. The zero-order valence-corrected chi connectivity index (χ0v) is 16.2. The van der Waals surface area contributed by atoms with E-state index in [1.54, 1.807) is 0 Å². The van der Waals surface area contributed by atoms with Crippen LogP contribution in [0.2, 0.25) is 0 Å². The maximum Gasteiger partial charge on any atom is 0.176 e. The van der Waals surface area contributed by atoms with Gasteiger partial charge in [-0.3, -0.25) is 4.90 Å². The number of morpholine rings is 1. The van der Waals surface area contributed by atoms with Crippen molar-refractivity contribution in [3.63, 3.8) is 0 Å². The third-order valence-corrected chi connectivity index (χ3v) is 5.16. The Kier molecular flexibility index (Phi) is 4.76. The smallest absolute Gasteiger partial charge is 0.176 e. The first-order valence-corrected chi connectivity index (χ1v) is 9.50. The summed E-state index contributed by atoms with van der Waals surface area (Å²) in [6, 6.07) is 8.08. The molecule has 0 radical (unpaired) electrons. The van der Waals surface area contributed by atoms with Crippen LogP contribution in [0.4, 0.5) is 11.5 Å². The molecule has 2 aromatic rings. The average Bonchev–Trinajstić information content (AvgIpc) is 2.59. The minimum atomic E-state index is 0.775. The number of benzene rings is 1. The quantitative estimate of drug-likeness (QED) is 0.695. The Bertz CT molecular complexity index is 699. The summed E-state index contributed by atoms with van der Waals surface area (Å²) in [5.41, 5.74) is 1.05. The highest BCUT2D eigenvalue weighted by Gasteiger charge is 2.26. The van der Waals surface area contributed by atoms with Crippen LogP contribution in [0.25, 0.3) is 0 Å². The predicted octanol–water partition coefficient (Wildman–Crippen LogP) is 4.18. The van der Waals surface area contributed by atoms with Gasteiger partial charge in [-0.2, -0.15) is 0 Å². The number of aromatic nitrogens is 1. The SMILES string of the molecule is Brc1ccc2c(c1)Oc1cc(Br)cnc1N2CCN1CCOCC1. The van der Waals surface area contributed by atoms with Gasteiger partial charge in [-0.25, -0.2) is 4.98 Å². The minimum Gasteiger partial charge on any atom is -0.451 e. The molecule has 4 rings (SSSR count). The van der Waals surface area contributed by atoms with Gasteiger partial charge in [0.05, 0.1) is 18.9 Å². The molecule has 0 atom stereocenters. The first-order valence-electron chi connectivity index (χ1n) is 7.91. The average molecular weight is 455 g/mol. The molecule has 0 N–H and O–H groups in total. The summed E-state index contributed by atoms with van der Waals surface area (Å²) in [4.78, 5) is 9.25. The molecule has 24 heavy (non-hydrogen) atoms. The molecule has 1 aromatic heterocycles. The summed E-state index contributed by atoms with van der Waals surface area (Å²) < 4.78 is 13.4. The molecule has 7 heteroatoms. The fraction of sp³-hybridized carbons (Fsp3) is 0.353. The Morgan fingerprint density at radius 1 is 1.00 bits per heavy atom. The molecule has 0 unspecified atom stereocenters. The molecule has 2 aliphatic rings. The van der Waals surface area contributed by atoms with Gasteiger partial charge in [0, 0.05) is 47.4 Å². The van der Waals surface area contributed by atoms with Crippen molar-refractivity contribution in [3.05, 3.63) is 39.4 Å². The third-order valence-electron chi connectivity index (χ3n) is 4.23. The van der Waals surface area contributed by atoms with E-state index >= 15 is 0 Å². The molecule has 1 saturated heterocycles. The number of fused-ring (bicyclic) bond motifs is 2. The summed E-state index contributed by atoms with van der Waals surface area (Å²) in [5, 5.41) is 0. The molecule has 3 heterocycles. The van der Waals surface area contributed by atoms with E-state index in [0.29, 0.717) is 0 Å². The molecule has 0 aliphatic carbocycles. The number of ether oxygens (including phenoxy) is 2. The van der Waals surface area contributed by atoms with Crippen LogP contribution in [0.5, 0.6) is 11.5 Å². The van der Waals surface area contributed by atoms with E-state index in [0.717, 1.165) is 71.3 Å². The molecule has 0 spiro atoms. The number of rotatable bonds is 3. The Balaban J connectivity index is 1.64. The Labute approximate surface area is 157 Å². The van der Waals surface area contributed by atoms with Crippen LogP contribution in [-0.2, 0) is 4.74 Å². The zero-order valence-electron chi connectivity index (χ0n) is 13.0. The van der Waals surface area contributed by atoms with Gasteiger partial charge < -0.3 is 14.4 Å². The second kappa shape index (κ2) is 7.00. The Morgan fingerprint density at radius 3 is 2.62 bits per heavy atom. The standard InChI is InChI=1S/C17H17Br2N3O2/c18-12-1-2-14-15(9-12)24-16-10-13(19)11-20-17(16)22(14)4-3-21-5-7-23-8-6-21/h1-2,9-11H,3-8H2. The predicted molar refractivity (Wildman–Crippen MR) is 100 cm³/mol. The van der Waals surface area contributed by atoms with Crippen LogP contribution < -0.4 is 9.64 Å². The first kappa shape index (κ1) is 16.3. The van der Waals surface area contributed by atoms with Crippen molar-refractivity contribution in [3.8, 4) is 11.5 Å². The van der Waals surface area contributed by atoms with Gasteiger partial charge in [-0.15, -0.1) is 0 Å². The van der Waals surface area contributed by atoms with Crippen LogP contribution in [0.1, 0.15) is 0 Å². The van der Waals surface area contributed by atoms with Crippen molar-refractivity contribution in [1.29, 1.82) is 0 Å². The van der Waals surface area contributed by atoms with Gasteiger partial charge in [0.15, 0.2) is 17.3 Å². The lowest BCUT2D eigenvalue weighted by molar-refractivity contribution is 0.0393. The number of pyridine rings is 1. The summed E-state index contributed by atoms with van der Waals surface area (Å²) in [6.07, 6.45) is 1.81. The van der Waals surface area contributed by atoms with Gasteiger partial charge in [-0.1, -0.05) is 15.9 Å². The number of hydrogen-bond donors (Lipinski definition) is 0. The Morgan fingerprint density at radius 2 is 1.79 bits per heavy atom. The largest absolute Gasteiger partial charge is 0.451 e. The molecular weight excluding hydrogens is 438 g/mol. The fourth-order valence-corrected chi connectivity index (χ4v) is 3.66. The highest BCUT2D eigenvalue weighted by molar-refractivity contribution is 9.10. The van der Waals surface area contributed by atoms with Gasteiger partial charge in [-0.05, 0) is 34.1 Å². The molecule has 5 nitrogen and oxygen atoms in total. The molecule has 0 amide bonds.